The van der Waals surface area contributed by atoms with E-state index in [1.165, 1.54) is 12.1 Å². The number of hydrogen-bond donors (Lipinski definition) is 1. The van der Waals surface area contributed by atoms with Crippen molar-refractivity contribution in [2.45, 2.75) is 11.2 Å². The number of benzene rings is 1. The zero-order valence-electron chi connectivity index (χ0n) is 6.71. The van der Waals surface area contributed by atoms with Gasteiger partial charge in [0.15, 0.2) is 0 Å². The molecule has 70 valence electrons. The van der Waals surface area contributed by atoms with Gasteiger partial charge in [-0.25, -0.2) is 4.39 Å². The van der Waals surface area contributed by atoms with Crippen molar-refractivity contribution in [1.29, 1.82) is 0 Å². The van der Waals surface area contributed by atoms with E-state index in [0.717, 1.165) is 5.56 Å². The second-order valence-corrected chi connectivity index (χ2v) is 3.74. The summed E-state index contributed by atoms with van der Waals surface area (Å²) in [5.41, 5.74) is 0.797. The Bertz CT molecular complexity index is 297. The minimum atomic E-state index is -0.913. The second kappa shape index (κ2) is 4.37. The molecular weight excluding hydrogens is 239 g/mol. The molecule has 0 saturated heterocycles. The summed E-state index contributed by atoms with van der Waals surface area (Å²) in [4.78, 5) is 9.84. The molecule has 13 heavy (non-hydrogen) atoms. The predicted molar refractivity (Wildman–Crippen MR) is 50.5 cm³/mol. The molecule has 0 bridgehead atoms. The van der Waals surface area contributed by atoms with Crippen LogP contribution in [-0.4, -0.2) is 15.9 Å². The molecule has 0 fully saturated rings. The lowest BCUT2D eigenvalue weighted by Crippen LogP contribution is -2.15. The number of rotatable bonds is 3. The first-order valence-corrected chi connectivity index (χ1v) is 4.62. The summed E-state index contributed by atoms with van der Waals surface area (Å²) < 4.78 is 12.5. The van der Waals surface area contributed by atoms with Crippen LogP contribution in [0.1, 0.15) is 5.56 Å². The van der Waals surface area contributed by atoms with E-state index >= 15 is 0 Å². The van der Waals surface area contributed by atoms with Crippen molar-refractivity contribution < 1.29 is 14.3 Å². The molecule has 0 saturated carbocycles. The van der Waals surface area contributed by atoms with E-state index in [1.807, 2.05) is 0 Å². The van der Waals surface area contributed by atoms with E-state index in [2.05, 4.69) is 15.9 Å². The monoisotopic (exact) mass is 246 g/mol. The maximum atomic E-state index is 12.5. The summed E-state index contributed by atoms with van der Waals surface area (Å²) in [5, 5.41) is 8.58. The number of carboxylic acids is 1. The minimum Gasteiger partial charge on any atom is -0.480 e. The minimum absolute atomic E-state index is 0.315. The number of carbonyl (C=O) groups is 1. The van der Waals surface area contributed by atoms with E-state index in [1.54, 1.807) is 12.1 Å². The number of aliphatic carboxylic acids is 1. The fourth-order valence-electron chi connectivity index (χ4n) is 0.915. The number of halogens is 2. The molecule has 1 rings (SSSR count). The van der Waals surface area contributed by atoms with Crippen LogP contribution in [0.25, 0.3) is 0 Å². The van der Waals surface area contributed by atoms with E-state index in [9.17, 15) is 9.18 Å². The molecule has 1 N–H and O–H groups in total. The Morgan fingerprint density at radius 1 is 1.46 bits per heavy atom. The van der Waals surface area contributed by atoms with Gasteiger partial charge >= 0.3 is 5.97 Å². The number of alkyl halides is 1. The summed E-state index contributed by atoms with van der Waals surface area (Å²) in [7, 11) is 0. The van der Waals surface area contributed by atoms with Gasteiger partial charge in [0.25, 0.3) is 0 Å². The van der Waals surface area contributed by atoms with Crippen LogP contribution in [0.4, 0.5) is 4.39 Å². The quantitative estimate of drug-likeness (QED) is 0.831. The Morgan fingerprint density at radius 2 is 2.00 bits per heavy atom. The number of carboxylic acid groups (broad SMARTS) is 1. The molecule has 1 atom stereocenters. The van der Waals surface area contributed by atoms with Crippen molar-refractivity contribution in [3.8, 4) is 0 Å². The molecule has 0 aliphatic heterocycles. The van der Waals surface area contributed by atoms with Gasteiger partial charge in [0.05, 0.1) is 0 Å². The zero-order valence-corrected chi connectivity index (χ0v) is 8.29. The van der Waals surface area contributed by atoms with Crippen molar-refractivity contribution in [2.24, 2.45) is 0 Å². The van der Waals surface area contributed by atoms with E-state index in [0.29, 0.717) is 6.42 Å². The maximum Gasteiger partial charge on any atom is 0.317 e. The average Bonchev–Trinajstić information content (AvgIpc) is 2.08. The van der Waals surface area contributed by atoms with Gasteiger partial charge in [-0.3, -0.25) is 4.79 Å². The van der Waals surface area contributed by atoms with Gasteiger partial charge in [0.2, 0.25) is 0 Å². The Kier molecular flexibility index (Phi) is 3.42. The molecule has 0 spiro atoms. The highest BCUT2D eigenvalue weighted by Gasteiger charge is 2.13. The van der Waals surface area contributed by atoms with Crippen molar-refractivity contribution in [2.75, 3.05) is 0 Å². The molecule has 2 nitrogen and oxygen atoms in total. The Morgan fingerprint density at radius 3 is 2.46 bits per heavy atom. The molecule has 4 heteroatoms. The Balaban J connectivity index is 2.64. The van der Waals surface area contributed by atoms with Crippen LogP contribution in [0.3, 0.4) is 0 Å². The van der Waals surface area contributed by atoms with Gasteiger partial charge in [-0.15, -0.1) is 0 Å². The maximum absolute atomic E-state index is 12.5. The second-order valence-electron chi connectivity index (χ2n) is 2.64. The fourth-order valence-corrected chi connectivity index (χ4v) is 1.29. The smallest absolute Gasteiger partial charge is 0.317 e. The molecule has 0 amide bonds. The molecule has 0 radical (unpaired) electrons. The van der Waals surface area contributed by atoms with Crippen molar-refractivity contribution in [1.82, 2.24) is 0 Å². The van der Waals surface area contributed by atoms with Gasteiger partial charge in [-0.1, -0.05) is 28.1 Å². The highest BCUT2D eigenvalue weighted by atomic mass is 79.9. The van der Waals surface area contributed by atoms with Crippen molar-refractivity contribution in [3.63, 3.8) is 0 Å². The normalized spacial score (nSPS) is 12.5. The van der Waals surface area contributed by atoms with Crippen LogP contribution in [0.15, 0.2) is 24.3 Å². The van der Waals surface area contributed by atoms with Crippen molar-refractivity contribution >= 4 is 21.9 Å². The predicted octanol–water partition coefficient (Wildman–Crippen LogP) is 2.22. The summed E-state index contributed by atoms with van der Waals surface area (Å²) in [6.45, 7) is 0. The molecule has 1 unspecified atom stereocenters. The first-order chi connectivity index (χ1) is 6.09. The van der Waals surface area contributed by atoms with Crippen LogP contribution >= 0.6 is 15.9 Å². The highest BCUT2D eigenvalue weighted by molar-refractivity contribution is 9.10. The molecule has 1 aromatic carbocycles. The third-order valence-corrected chi connectivity index (χ3v) is 2.31. The Labute approximate surface area is 83.5 Å². The van der Waals surface area contributed by atoms with Crippen LogP contribution in [0.5, 0.6) is 0 Å². The van der Waals surface area contributed by atoms with Gasteiger partial charge < -0.3 is 5.11 Å². The first kappa shape index (κ1) is 10.2. The van der Waals surface area contributed by atoms with E-state index in [4.69, 9.17) is 5.11 Å². The first-order valence-electron chi connectivity index (χ1n) is 3.71. The molecule has 0 aromatic heterocycles. The van der Waals surface area contributed by atoms with Crippen LogP contribution in [-0.2, 0) is 11.2 Å². The van der Waals surface area contributed by atoms with E-state index < -0.39 is 10.8 Å². The van der Waals surface area contributed by atoms with Crippen molar-refractivity contribution in [3.05, 3.63) is 35.6 Å². The lowest BCUT2D eigenvalue weighted by Gasteiger charge is -2.03. The van der Waals surface area contributed by atoms with Crippen LogP contribution in [0.2, 0.25) is 0 Å². The summed E-state index contributed by atoms with van der Waals surface area (Å²) in [6, 6.07) is 5.78. The average molecular weight is 247 g/mol. The number of hydrogen-bond acceptors (Lipinski definition) is 1. The summed E-state index contributed by atoms with van der Waals surface area (Å²) >= 11 is 3.00. The summed E-state index contributed by atoms with van der Waals surface area (Å²) in [6.07, 6.45) is 0.357. The summed E-state index contributed by atoms with van der Waals surface area (Å²) in [5.74, 6) is -1.23. The molecular formula is C9H8BrFO2. The topological polar surface area (TPSA) is 37.3 Å². The highest BCUT2D eigenvalue weighted by Crippen LogP contribution is 2.10. The lowest BCUT2D eigenvalue weighted by molar-refractivity contribution is -0.136. The molecule has 0 heterocycles. The lowest BCUT2D eigenvalue weighted by atomic mass is 10.1. The molecule has 1 aromatic rings. The largest absolute Gasteiger partial charge is 0.480 e. The molecule has 0 aliphatic carbocycles. The SMILES string of the molecule is O=C(O)C(Br)Cc1ccc(F)cc1. The fraction of sp³-hybridized carbons (Fsp3) is 0.222. The zero-order chi connectivity index (χ0) is 9.84. The van der Waals surface area contributed by atoms with Crippen LogP contribution in [0, 0.1) is 5.82 Å². The molecule has 0 aliphatic rings. The Hall–Kier alpha value is -0.900. The van der Waals surface area contributed by atoms with Crippen LogP contribution < -0.4 is 0 Å². The third kappa shape index (κ3) is 3.14. The third-order valence-electron chi connectivity index (χ3n) is 1.60. The van der Waals surface area contributed by atoms with Gasteiger partial charge in [0, 0.05) is 0 Å². The standard InChI is InChI=1S/C9H8BrFO2/c10-8(9(12)13)5-6-1-3-7(11)4-2-6/h1-4,8H,5H2,(H,12,13). The van der Waals surface area contributed by atoms with E-state index in [-0.39, 0.29) is 5.82 Å². The van der Waals surface area contributed by atoms with Gasteiger partial charge in [0.1, 0.15) is 10.6 Å². The van der Waals surface area contributed by atoms with Gasteiger partial charge in [-0.05, 0) is 24.1 Å². The van der Waals surface area contributed by atoms with Gasteiger partial charge in [-0.2, -0.15) is 0 Å².